The second-order valence-corrected chi connectivity index (χ2v) is 4.72. The van der Waals surface area contributed by atoms with E-state index in [4.69, 9.17) is 4.74 Å². The van der Waals surface area contributed by atoms with E-state index in [1.165, 1.54) is 38.5 Å². The number of methoxy groups -OCH3 is 1. The van der Waals surface area contributed by atoms with Gasteiger partial charge in [0.15, 0.2) is 0 Å². The molecule has 1 fully saturated rings. The Morgan fingerprint density at radius 3 is 2.82 bits per heavy atom. The molecule has 1 aliphatic rings. The molecule has 1 aromatic rings. The number of nitrogens with one attached hydrogen (secondary N) is 1. The van der Waals surface area contributed by atoms with E-state index >= 15 is 0 Å². The third-order valence-corrected chi connectivity index (χ3v) is 3.48. The third kappa shape index (κ3) is 3.46. The molecule has 1 heterocycles. The van der Waals surface area contributed by atoms with Gasteiger partial charge in [-0.2, -0.15) is 0 Å². The van der Waals surface area contributed by atoms with Crippen LogP contribution in [0, 0.1) is 0 Å². The highest BCUT2D eigenvalue weighted by Gasteiger charge is 2.16. The Labute approximate surface area is 103 Å². The first-order chi connectivity index (χ1) is 8.42. The van der Waals surface area contributed by atoms with Crippen LogP contribution >= 0.6 is 0 Å². The van der Waals surface area contributed by atoms with Gasteiger partial charge in [0.2, 0.25) is 5.95 Å². The van der Waals surface area contributed by atoms with Crippen LogP contribution in [0.2, 0.25) is 0 Å². The van der Waals surface area contributed by atoms with Crippen molar-refractivity contribution in [1.29, 1.82) is 0 Å². The van der Waals surface area contributed by atoms with Crippen LogP contribution in [-0.4, -0.2) is 29.8 Å². The molecule has 0 amide bonds. The molecule has 2 rings (SSSR count). The molecule has 0 aliphatic heterocycles. The summed E-state index contributed by atoms with van der Waals surface area (Å²) in [7, 11) is 1.72. The van der Waals surface area contributed by atoms with Crippen molar-refractivity contribution in [2.75, 3.05) is 25.6 Å². The zero-order valence-electron chi connectivity index (χ0n) is 10.7. The molecule has 1 saturated carbocycles. The summed E-state index contributed by atoms with van der Waals surface area (Å²) in [6.07, 6.45) is 12.0. The molecule has 1 aliphatic carbocycles. The summed E-state index contributed by atoms with van der Waals surface area (Å²) < 4.78 is 7.35. The summed E-state index contributed by atoms with van der Waals surface area (Å²) in [5.74, 6) is 0.994. The number of ether oxygens (including phenoxy) is 1. The van der Waals surface area contributed by atoms with Crippen LogP contribution in [0.1, 0.15) is 44.6 Å². The zero-order chi connectivity index (χ0) is 11.9. The van der Waals surface area contributed by atoms with Crippen LogP contribution in [0.25, 0.3) is 0 Å². The highest BCUT2D eigenvalue weighted by Crippen LogP contribution is 2.29. The fraction of sp³-hybridized carbons (Fsp3) is 0.769. The predicted octanol–water partition coefficient (Wildman–Crippen LogP) is 2.84. The van der Waals surface area contributed by atoms with Crippen LogP contribution < -0.4 is 5.32 Å². The molecular formula is C13H23N3O. The molecule has 0 bridgehead atoms. The van der Waals surface area contributed by atoms with Crippen molar-refractivity contribution in [3.63, 3.8) is 0 Å². The van der Waals surface area contributed by atoms with Gasteiger partial charge in [-0.3, -0.25) is 0 Å². The summed E-state index contributed by atoms with van der Waals surface area (Å²) in [6, 6.07) is 0.630. The zero-order valence-corrected chi connectivity index (χ0v) is 10.7. The number of imidazole rings is 1. The topological polar surface area (TPSA) is 39.1 Å². The highest BCUT2D eigenvalue weighted by molar-refractivity contribution is 5.26. The van der Waals surface area contributed by atoms with Crippen molar-refractivity contribution in [2.24, 2.45) is 0 Å². The molecule has 0 atom stereocenters. The molecule has 0 unspecified atom stereocenters. The van der Waals surface area contributed by atoms with E-state index in [1.807, 2.05) is 6.20 Å². The van der Waals surface area contributed by atoms with Crippen molar-refractivity contribution < 1.29 is 4.74 Å². The van der Waals surface area contributed by atoms with Gasteiger partial charge < -0.3 is 14.6 Å². The lowest BCUT2D eigenvalue weighted by molar-refractivity contribution is 0.210. The standard InChI is InChI=1S/C13H23N3O/c1-17-11-9-15-13-14-8-10-16(13)12-6-4-2-3-5-7-12/h8,10,12H,2-7,9,11H2,1H3,(H,14,15). The summed E-state index contributed by atoms with van der Waals surface area (Å²) in [6.45, 7) is 1.54. The second kappa shape index (κ2) is 6.64. The van der Waals surface area contributed by atoms with Crippen LogP contribution in [0.4, 0.5) is 5.95 Å². The summed E-state index contributed by atoms with van der Waals surface area (Å²) in [5.41, 5.74) is 0. The minimum Gasteiger partial charge on any atom is -0.383 e. The van der Waals surface area contributed by atoms with Gasteiger partial charge in [0.05, 0.1) is 6.61 Å². The maximum atomic E-state index is 5.05. The predicted molar refractivity (Wildman–Crippen MR) is 69.3 cm³/mol. The van der Waals surface area contributed by atoms with Gasteiger partial charge >= 0.3 is 0 Å². The summed E-state index contributed by atoms with van der Waals surface area (Å²) in [5, 5.41) is 3.34. The smallest absolute Gasteiger partial charge is 0.203 e. The van der Waals surface area contributed by atoms with Crippen molar-refractivity contribution >= 4 is 5.95 Å². The van der Waals surface area contributed by atoms with Crippen molar-refractivity contribution in [3.05, 3.63) is 12.4 Å². The number of nitrogens with zero attached hydrogens (tertiary/aromatic N) is 2. The Morgan fingerprint density at radius 2 is 2.12 bits per heavy atom. The van der Waals surface area contributed by atoms with Gasteiger partial charge in [-0.25, -0.2) is 4.98 Å². The van der Waals surface area contributed by atoms with Crippen LogP contribution in [0.15, 0.2) is 12.4 Å². The first kappa shape index (κ1) is 12.4. The molecular weight excluding hydrogens is 214 g/mol. The van der Waals surface area contributed by atoms with Gasteiger partial charge in [-0.1, -0.05) is 25.7 Å². The molecule has 4 heteroatoms. The number of anilines is 1. The summed E-state index contributed by atoms with van der Waals surface area (Å²) >= 11 is 0. The normalized spacial score (nSPS) is 17.9. The Morgan fingerprint density at radius 1 is 1.35 bits per heavy atom. The van der Waals surface area contributed by atoms with Crippen LogP contribution in [0.3, 0.4) is 0 Å². The van der Waals surface area contributed by atoms with E-state index < -0.39 is 0 Å². The molecule has 0 saturated heterocycles. The van der Waals surface area contributed by atoms with Gasteiger partial charge in [0.1, 0.15) is 0 Å². The average molecular weight is 237 g/mol. The lowest BCUT2D eigenvalue weighted by Crippen LogP contribution is -2.15. The summed E-state index contributed by atoms with van der Waals surface area (Å²) in [4.78, 5) is 4.39. The van der Waals surface area contributed by atoms with E-state index in [-0.39, 0.29) is 0 Å². The lowest BCUT2D eigenvalue weighted by atomic mass is 10.1. The van der Waals surface area contributed by atoms with E-state index in [0.717, 1.165) is 19.1 Å². The molecule has 0 aromatic carbocycles. The third-order valence-electron chi connectivity index (χ3n) is 3.48. The van der Waals surface area contributed by atoms with Gasteiger partial charge in [0.25, 0.3) is 0 Å². The molecule has 4 nitrogen and oxygen atoms in total. The second-order valence-electron chi connectivity index (χ2n) is 4.72. The van der Waals surface area contributed by atoms with Crippen LogP contribution in [-0.2, 0) is 4.74 Å². The van der Waals surface area contributed by atoms with E-state index in [2.05, 4.69) is 21.1 Å². The monoisotopic (exact) mass is 237 g/mol. The number of aromatic nitrogens is 2. The first-order valence-electron chi connectivity index (χ1n) is 6.67. The molecule has 0 spiro atoms. The Kier molecular flexibility index (Phi) is 4.86. The Hall–Kier alpha value is -1.03. The van der Waals surface area contributed by atoms with Crippen molar-refractivity contribution in [2.45, 2.75) is 44.6 Å². The quantitative estimate of drug-likeness (QED) is 0.632. The van der Waals surface area contributed by atoms with Gasteiger partial charge in [-0.15, -0.1) is 0 Å². The average Bonchev–Trinajstić information content (AvgIpc) is 2.63. The van der Waals surface area contributed by atoms with E-state index in [9.17, 15) is 0 Å². The molecule has 0 radical (unpaired) electrons. The van der Waals surface area contributed by atoms with E-state index in [1.54, 1.807) is 7.11 Å². The maximum absolute atomic E-state index is 5.05. The highest BCUT2D eigenvalue weighted by atomic mass is 16.5. The molecule has 1 aromatic heterocycles. The number of hydrogen-bond acceptors (Lipinski definition) is 3. The van der Waals surface area contributed by atoms with Gasteiger partial charge in [-0.05, 0) is 12.8 Å². The molecule has 1 N–H and O–H groups in total. The minimum atomic E-state index is 0.630. The Bertz CT molecular complexity index is 316. The van der Waals surface area contributed by atoms with Gasteiger partial charge in [0, 0.05) is 32.1 Å². The largest absolute Gasteiger partial charge is 0.383 e. The van der Waals surface area contributed by atoms with E-state index in [0.29, 0.717) is 6.04 Å². The first-order valence-corrected chi connectivity index (χ1v) is 6.67. The lowest BCUT2D eigenvalue weighted by Gasteiger charge is -2.19. The molecule has 96 valence electrons. The fourth-order valence-electron chi connectivity index (χ4n) is 2.55. The fourth-order valence-corrected chi connectivity index (χ4v) is 2.55. The number of rotatable bonds is 5. The van der Waals surface area contributed by atoms with Crippen LogP contribution in [0.5, 0.6) is 0 Å². The number of hydrogen-bond donors (Lipinski definition) is 1. The minimum absolute atomic E-state index is 0.630. The van der Waals surface area contributed by atoms with Crippen molar-refractivity contribution in [3.8, 4) is 0 Å². The SMILES string of the molecule is COCCNc1nccn1C1CCCCCC1. The molecule has 17 heavy (non-hydrogen) atoms. The maximum Gasteiger partial charge on any atom is 0.203 e. The Balaban J connectivity index is 1.96. The van der Waals surface area contributed by atoms with Crippen molar-refractivity contribution in [1.82, 2.24) is 9.55 Å².